The lowest BCUT2D eigenvalue weighted by Crippen LogP contribution is -2.12. The lowest BCUT2D eigenvalue weighted by Gasteiger charge is -2.09. The quantitative estimate of drug-likeness (QED) is 0.570. The van der Waals surface area contributed by atoms with Crippen molar-refractivity contribution in [2.24, 2.45) is 5.92 Å². The third-order valence-electron chi connectivity index (χ3n) is 2.69. The number of carbonyl (C=O) groups excluding carboxylic acids is 1. The van der Waals surface area contributed by atoms with Crippen molar-refractivity contribution >= 4 is 27.8 Å². The number of nitrogens with one attached hydrogen (secondary N) is 1. The van der Waals surface area contributed by atoms with Gasteiger partial charge in [0.15, 0.2) is 11.5 Å². The summed E-state index contributed by atoms with van der Waals surface area (Å²) >= 11 is 1.34. The van der Waals surface area contributed by atoms with Gasteiger partial charge in [-0.3, -0.25) is 4.79 Å². The Morgan fingerprint density at radius 1 is 1.35 bits per heavy atom. The molecule has 0 aliphatic heterocycles. The predicted molar refractivity (Wildman–Crippen MR) is 84.0 cm³/mol. The summed E-state index contributed by atoms with van der Waals surface area (Å²) in [6.07, 6.45) is 0.199. The number of ketones is 1. The van der Waals surface area contributed by atoms with Crippen molar-refractivity contribution < 1.29 is 14.3 Å². The maximum atomic E-state index is 12.1. The molecule has 20 heavy (non-hydrogen) atoms. The number of anilines is 2. The average molecular weight is 300 g/mol. The minimum Gasteiger partial charge on any atom is -0.492 e. The van der Waals surface area contributed by atoms with Crippen LogP contribution in [0.1, 0.15) is 37.4 Å². The van der Waals surface area contributed by atoms with E-state index in [9.17, 15) is 4.79 Å². The minimum atomic E-state index is -0.0854. The van der Waals surface area contributed by atoms with Crippen LogP contribution in [-0.4, -0.2) is 32.1 Å². The topological polar surface area (TPSA) is 73.6 Å². The van der Waals surface area contributed by atoms with E-state index in [0.717, 1.165) is 5.00 Å². The van der Waals surface area contributed by atoms with E-state index < -0.39 is 0 Å². The molecule has 114 valence electrons. The molecule has 3 N–H and O–H groups in total. The number of nitrogen functional groups attached to an aromatic ring is 1. The summed E-state index contributed by atoms with van der Waals surface area (Å²) in [6.45, 7) is 8.93. The molecule has 0 fully saturated rings. The summed E-state index contributed by atoms with van der Waals surface area (Å²) in [5, 5.41) is 3.99. The predicted octanol–water partition coefficient (Wildman–Crippen LogP) is 3.01. The number of ether oxygens (including phenoxy) is 2. The van der Waals surface area contributed by atoms with Gasteiger partial charge in [-0.25, -0.2) is 0 Å². The number of Topliss-reactive ketones (excluding diaryl/α,β-unsaturated/α-hetero) is 1. The largest absolute Gasteiger partial charge is 0.492 e. The summed E-state index contributed by atoms with van der Waals surface area (Å²) in [5.74, 6) is 0.499. The molecule has 0 amide bonds. The Bertz CT molecular complexity index is 456. The number of methoxy groups -OCH3 is 1. The van der Waals surface area contributed by atoms with Crippen LogP contribution in [0.3, 0.4) is 0 Å². The van der Waals surface area contributed by atoms with Crippen LogP contribution in [0.15, 0.2) is 0 Å². The van der Waals surface area contributed by atoms with Gasteiger partial charge in [0, 0.05) is 12.5 Å². The number of hydrogen-bond acceptors (Lipinski definition) is 6. The molecule has 0 saturated carbocycles. The first-order valence-electron chi connectivity index (χ1n) is 6.74. The summed E-state index contributed by atoms with van der Waals surface area (Å²) < 4.78 is 10.8. The van der Waals surface area contributed by atoms with E-state index in [1.54, 1.807) is 7.11 Å². The second-order valence-electron chi connectivity index (χ2n) is 5.07. The van der Waals surface area contributed by atoms with Crippen molar-refractivity contribution in [3.63, 3.8) is 0 Å². The highest BCUT2D eigenvalue weighted by atomic mass is 32.1. The average Bonchev–Trinajstić information content (AvgIpc) is 2.69. The fraction of sp³-hybridized carbons (Fsp3) is 0.643. The van der Waals surface area contributed by atoms with Crippen LogP contribution in [0.5, 0.6) is 5.75 Å². The number of carbonyl (C=O) groups is 1. The summed E-state index contributed by atoms with van der Waals surface area (Å²) in [6, 6.07) is 0. The maximum Gasteiger partial charge on any atom is 0.177 e. The van der Waals surface area contributed by atoms with E-state index in [1.165, 1.54) is 11.3 Å². The summed E-state index contributed by atoms with van der Waals surface area (Å²) in [7, 11) is 1.55. The van der Waals surface area contributed by atoms with Gasteiger partial charge < -0.3 is 20.5 Å². The number of thiophene rings is 1. The van der Waals surface area contributed by atoms with Gasteiger partial charge in [-0.1, -0.05) is 13.8 Å². The van der Waals surface area contributed by atoms with Crippen LogP contribution < -0.4 is 15.8 Å². The molecule has 6 heteroatoms. The fourth-order valence-corrected chi connectivity index (χ4v) is 2.86. The van der Waals surface area contributed by atoms with Crippen molar-refractivity contribution in [1.82, 2.24) is 0 Å². The summed E-state index contributed by atoms with van der Waals surface area (Å²) in [4.78, 5) is 12.6. The third kappa shape index (κ3) is 4.11. The van der Waals surface area contributed by atoms with Crippen LogP contribution in [0.25, 0.3) is 0 Å². The molecule has 0 bridgehead atoms. The van der Waals surface area contributed by atoms with E-state index in [0.29, 0.717) is 29.5 Å². The zero-order valence-electron chi connectivity index (χ0n) is 12.8. The summed E-state index contributed by atoms with van der Waals surface area (Å²) in [5.41, 5.74) is 6.42. The van der Waals surface area contributed by atoms with Crippen LogP contribution in [0, 0.1) is 5.92 Å². The third-order valence-corrected chi connectivity index (χ3v) is 3.85. The smallest absolute Gasteiger partial charge is 0.177 e. The van der Waals surface area contributed by atoms with Crippen LogP contribution in [0.2, 0.25) is 0 Å². The van der Waals surface area contributed by atoms with E-state index in [1.807, 2.05) is 27.7 Å². The molecule has 1 aromatic heterocycles. The van der Waals surface area contributed by atoms with E-state index in [2.05, 4.69) is 5.32 Å². The Labute approximate surface area is 124 Å². The molecule has 0 radical (unpaired) electrons. The van der Waals surface area contributed by atoms with Crippen molar-refractivity contribution in [2.45, 2.75) is 33.8 Å². The SMILES string of the molecule is COc1c(NCCOC(C)C)sc(C(=O)C(C)C)c1N. The van der Waals surface area contributed by atoms with Gasteiger partial charge in [-0.2, -0.15) is 0 Å². The highest BCUT2D eigenvalue weighted by Gasteiger charge is 2.23. The van der Waals surface area contributed by atoms with Crippen LogP contribution >= 0.6 is 11.3 Å². The molecule has 1 heterocycles. The monoisotopic (exact) mass is 300 g/mol. The van der Waals surface area contributed by atoms with Crippen LogP contribution in [0.4, 0.5) is 10.7 Å². The molecule has 0 aliphatic rings. The van der Waals surface area contributed by atoms with Crippen LogP contribution in [-0.2, 0) is 4.74 Å². The van der Waals surface area contributed by atoms with Gasteiger partial charge in [0.25, 0.3) is 0 Å². The van der Waals surface area contributed by atoms with Gasteiger partial charge in [-0.15, -0.1) is 11.3 Å². The molecule has 0 saturated heterocycles. The van der Waals surface area contributed by atoms with E-state index in [-0.39, 0.29) is 17.8 Å². The Balaban J connectivity index is 2.80. The Hall–Kier alpha value is -1.27. The zero-order chi connectivity index (χ0) is 15.3. The molecule has 5 nitrogen and oxygen atoms in total. The van der Waals surface area contributed by atoms with E-state index in [4.69, 9.17) is 15.2 Å². The van der Waals surface area contributed by atoms with Crippen molar-refractivity contribution in [1.29, 1.82) is 0 Å². The van der Waals surface area contributed by atoms with Gasteiger partial charge in [0.2, 0.25) is 0 Å². The molecule has 0 aliphatic carbocycles. The highest BCUT2D eigenvalue weighted by molar-refractivity contribution is 7.19. The first-order chi connectivity index (χ1) is 9.38. The van der Waals surface area contributed by atoms with Gasteiger partial charge >= 0.3 is 0 Å². The van der Waals surface area contributed by atoms with Crippen molar-refractivity contribution in [2.75, 3.05) is 31.3 Å². The standard InChI is InChI=1S/C14H24N2O3S/c1-8(2)11(17)13-10(15)12(18-5)14(20-13)16-6-7-19-9(3)4/h8-9,16H,6-7,15H2,1-5H3. The highest BCUT2D eigenvalue weighted by Crippen LogP contribution is 2.43. The first-order valence-corrected chi connectivity index (χ1v) is 7.56. The molecule has 1 rings (SSSR count). The van der Waals surface area contributed by atoms with Gasteiger partial charge in [0.1, 0.15) is 5.00 Å². The van der Waals surface area contributed by atoms with E-state index >= 15 is 0 Å². The molecular formula is C14H24N2O3S. The lowest BCUT2D eigenvalue weighted by atomic mass is 10.1. The molecular weight excluding hydrogens is 276 g/mol. The van der Waals surface area contributed by atoms with Gasteiger partial charge in [-0.05, 0) is 13.8 Å². The fourth-order valence-electron chi connectivity index (χ4n) is 1.65. The first kappa shape index (κ1) is 16.8. The lowest BCUT2D eigenvalue weighted by molar-refractivity contribution is 0.0870. The maximum absolute atomic E-state index is 12.1. The molecule has 0 unspecified atom stereocenters. The normalized spacial score (nSPS) is 11.2. The number of nitrogens with two attached hydrogens (primary N) is 1. The minimum absolute atomic E-state index is 0.0391. The second-order valence-corrected chi connectivity index (χ2v) is 6.09. The van der Waals surface area contributed by atoms with Crippen molar-refractivity contribution in [3.8, 4) is 5.75 Å². The Morgan fingerprint density at radius 3 is 2.50 bits per heavy atom. The Morgan fingerprint density at radius 2 is 2.00 bits per heavy atom. The molecule has 1 aromatic rings. The van der Waals surface area contributed by atoms with Gasteiger partial charge in [0.05, 0.1) is 30.4 Å². The molecule has 0 atom stereocenters. The number of hydrogen-bond donors (Lipinski definition) is 2. The Kier molecular flexibility index (Phi) is 6.29. The number of rotatable bonds is 8. The molecule has 0 aromatic carbocycles. The zero-order valence-corrected chi connectivity index (χ0v) is 13.6. The van der Waals surface area contributed by atoms with Crippen molar-refractivity contribution in [3.05, 3.63) is 4.88 Å². The second kappa shape index (κ2) is 7.50. The molecule has 0 spiro atoms.